The maximum atomic E-state index is 12.0. The van der Waals surface area contributed by atoms with Crippen molar-refractivity contribution in [2.24, 2.45) is 10.7 Å². The summed E-state index contributed by atoms with van der Waals surface area (Å²) in [5, 5.41) is 3.09. The number of guanidine groups is 1. The first kappa shape index (κ1) is 19.7. The van der Waals surface area contributed by atoms with Crippen molar-refractivity contribution in [3.63, 3.8) is 0 Å². The van der Waals surface area contributed by atoms with Crippen molar-refractivity contribution < 1.29 is 9.53 Å². The van der Waals surface area contributed by atoms with Gasteiger partial charge in [0.05, 0.1) is 0 Å². The van der Waals surface area contributed by atoms with E-state index in [4.69, 9.17) is 10.5 Å². The Hall–Kier alpha value is -3.02. The number of hydrogen-bond acceptors (Lipinski definition) is 3. The highest BCUT2D eigenvalue weighted by Gasteiger charge is 2.15. The second kappa shape index (κ2) is 10.3. The molecule has 1 aliphatic heterocycles. The zero-order chi connectivity index (χ0) is 19.6. The lowest BCUT2D eigenvalue weighted by Crippen LogP contribution is -2.31. The largest absolute Gasteiger partial charge is 0.457 e. The molecule has 28 heavy (non-hydrogen) atoms. The van der Waals surface area contributed by atoms with Gasteiger partial charge in [-0.05, 0) is 43.5 Å². The molecule has 1 aliphatic rings. The zero-order valence-corrected chi connectivity index (χ0v) is 16.1. The van der Waals surface area contributed by atoms with Crippen LogP contribution in [0.4, 0.5) is 5.69 Å². The first-order valence-corrected chi connectivity index (χ1v) is 9.88. The molecule has 148 valence electrons. The fourth-order valence-electron chi connectivity index (χ4n) is 3.19. The molecule has 0 bridgehead atoms. The van der Waals surface area contributed by atoms with Crippen LogP contribution >= 0.6 is 0 Å². The molecule has 0 aromatic heterocycles. The Morgan fingerprint density at radius 2 is 1.89 bits per heavy atom. The molecule has 0 atom stereocenters. The average Bonchev–Trinajstić information content (AvgIpc) is 2.90. The average molecular weight is 380 g/mol. The van der Waals surface area contributed by atoms with Crippen molar-refractivity contribution in [2.45, 2.75) is 32.1 Å². The van der Waals surface area contributed by atoms with Crippen molar-refractivity contribution in [2.75, 3.05) is 25.0 Å². The van der Waals surface area contributed by atoms with Crippen molar-refractivity contribution in [3.05, 3.63) is 54.6 Å². The highest BCUT2D eigenvalue weighted by atomic mass is 16.5. The maximum Gasteiger partial charge on any atom is 0.222 e. The number of nitrogens with two attached hydrogens (primary N) is 1. The number of para-hydroxylation sites is 1. The molecule has 1 heterocycles. The van der Waals surface area contributed by atoms with Gasteiger partial charge in [0.2, 0.25) is 5.91 Å². The molecule has 1 fully saturated rings. The summed E-state index contributed by atoms with van der Waals surface area (Å²) in [7, 11) is 0. The van der Waals surface area contributed by atoms with Crippen LogP contribution in [0.25, 0.3) is 0 Å². The second-order valence-corrected chi connectivity index (χ2v) is 6.88. The number of benzene rings is 2. The van der Waals surface area contributed by atoms with Crippen LogP contribution < -0.4 is 15.8 Å². The van der Waals surface area contributed by atoms with Gasteiger partial charge in [0, 0.05) is 37.8 Å². The number of nitrogens with one attached hydrogen (secondary N) is 1. The second-order valence-electron chi connectivity index (χ2n) is 6.88. The summed E-state index contributed by atoms with van der Waals surface area (Å²) < 4.78 is 5.83. The Labute approximate surface area is 166 Å². The molecule has 0 saturated carbocycles. The van der Waals surface area contributed by atoms with Gasteiger partial charge in [-0.15, -0.1) is 0 Å². The summed E-state index contributed by atoms with van der Waals surface area (Å²) in [5.74, 6) is 2.13. The Morgan fingerprint density at radius 1 is 1.07 bits per heavy atom. The van der Waals surface area contributed by atoms with E-state index in [1.807, 2.05) is 59.5 Å². The van der Waals surface area contributed by atoms with E-state index in [9.17, 15) is 4.79 Å². The zero-order valence-electron chi connectivity index (χ0n) is 16.1. The lowest BCUT2D eigenvalue weighted by atomic mass is 10.2. The fraction of sp³-hybridized carbons (Fsp3) is 0.364. The van der Waals surface area contributed by atoms with Crippen molar-refractivity contribution in [1.29, 1.82) is 0 Å². The van der Waals surface area contributed by atoms with Crippen LogP contribution in [0.2, 0.25) is 0 Å². The molecule has 0 radical (unpaired) electrons. The predicted octanol–water partition coefficient (Wildman–Crippen LogP) is 4.00. The summed E-state index contributed by atoms with van der Waals surface area (Å²) in [4.78, 5) is 18.3. The van der Waals surface area contributed by atoms with Crippen LogP contribution in [0.3, 0.4) is 0 Å². The Kier molecular flexibility index (Phi) is 7.29. The minimum atomic E-state index is 0.266. The molecule has 1 amide bonds. The number of anilines is 1. The molecular weight excluding hydrogens is 352 g/mol. The number of rotatable bonds is 7. The summed E-state index contributed by atoms with van der Waals surface area (Å²) in [5.41, 5.74) is 6.81. The summed E-state index contributed by atoms with van der Waals surface area (Å²) >= 11 is 0. The van der Waals surface area contributed by atoms with E-state index in [0.29, 0.717) is 18.9 Å². The van der Waals surface area contributed by atoms with E-state index in [2.05, 4.69) is 10.3 Å². The van der Waals surface area contributed by atoms with Crippen LogP contribution in [0.5, 0.6) is 11.5 Å². The lowest BCUT2D eigenvalue weighted by Gasteiger charge is -2.19. The minimum absolute atomic E-state index is 0.266. The molecule has 0 unspecified atom stereocenters. The number of carbonyl (C=O) groups excluding carboxylic acids is 1. The topological polar surface area (TPSA) is 80.0 Å². The normalized spacial score (nSPS) is 15.2. The minimum Gasteiger partial charge on any atom is -0.457 e. The monoisotopic (exact) mass is 380 g/mol. The van der Waals surface area contributed by atoms with Gasteiger partial charge in [-0.25, -0.2) is 0 Å². The molecule has 6 heteroatoms. The molecule has 3 N–H and O–H groups in total. The van der Waals surface area contributed by atoms with Gasteiger partial charge in [0.25, 0.3) is 0 Å². The van der Waals surface area contributed by atoms with Crippen molar-refractivity contribution in [1.82, 2.24) is 4.90 Å². The molecule has 2 aromatic carbocycles. The number of nitrogens with zero attached hydrogens (tertiary/aromatic N) is 2. The van der Waals surface area contributed by atoms with Crippen LogP contribution in [-0.4, -0.2) is 36.4 Å². The fourth-order valence-corrected chi connectivity index (χ4v) is 3.19. The van der Waals surface area contributed by atoms with Gasteiger partial charge >= 0.3 is 0 Å². The van der Waals surface area contributed by atoms with E-state index in [1.54, 1.807) is 0 Å². The molecular formula is C22H28N4O2. The molecule has 1 saturated heterocycles. The van der Waals surface area contributed by atoms with Gasteiger partial charge in [-0.2, -0.15) is 0 Å². The number of likely N-dealkylation sites (tertiary alicyclic amines) is 1. The van der Waals surface area contributed by atoms with E-state index >= 15 is 0 Å². The van der Waals surface area contributed by atoms with Gasteiger partial charge < -0.3 is 20.7 Å². The Bertz CT molecular complexity index is 792. The Morgan fingerprint density at radius 3 is 2.75 bits per heavy atom. The van der Waals surface area contributed by atoms with Crippen LogP contribution in [0.15, 0.2) is 59.6 Å². The highest BCUT2D eigenvalue weighted by Crippen LogP contribution is 2.23. The van der Waals surface area contributed by atoms with E-state index in [0.717, 1.165) is 56.0 Å². The smallest absolute Gasteiger partial charge is 0.222 e. The van der Waals surface area contributed by atoms with Crippen LogP contribution in [0.1, 0.15) is 32.1 Å². The number of hydrogen-bond donors (Lipinski definition) is 2. The quantitative estimate of drug-likeness (QED) is 0.432. The number of ether oxygens (including phenoxy) is 1. The molecule has 0 aliphatic carbocycles. The van der Waals surface area contributed by atoms with E-state index in [-0.39, 0.29) is 5.91 Å². The third kappa shape index (κ3) is 6.30. The molecule has 2 aromatic rings. The summed E-state index contributed by atoms with van der Waals surface area (Å²) in [6.07, 6.45) is 4.74. The molecule has 6 nitrogen and oxygen atoms in total. The lowest BCUT2D eigenvalue weighted by molar-refractivity contribution is -0.130. The predicted molar refractivity (Wildman–Crippen MR) is 113 cm³/mol. The first-order valence-electron chi connectivity index (χ1n) is 9.88. The van der Waals surface area contributed by atoms with Crippen molar-refractivity contribution >= 4 is 17.6 Å². The third-order valence-corrected chi connectivity index (χ3v) is 4.63. The van der Waals surface area contributed by atoms with Gasteiger partial charge in [0.15, 0.2) is 5.96 Å². The van der Waals surface area contributed by atoms with Crippen molar-refractivity contribution in [3.8, 4) is 11.5 Å². The van der Waals surface area contributed by atoms with E-state index in [1.165, 1.54) is 0 Å². The summed E-state index contributed by atoms with van der Waals surface area (Å²) in [6.45, 7) is 2.20. The van der Waals surface area contributed by atoms with Crippen LogP contribution in [0, 0.1) is 0 Å². The SMILES string of the molecule is NC(=NCCCN1CCCCCC1=O)Nc1cccc(Oc2ccccc2)c1. The number of carbonyl (C=O) groups is 1. The Balaban J connectivity index is 1.46. The van der Waals surface area contributed by atoms with Gasteiger partial charge in [-0.1, -0.05) is 30.7 Å². The van der Waals surface area contributed by atoms with Gasteiger partial charge in [-0.3, -0.25) is 9.79 Å². The molecule has 3 rings (SSSR count). The molecule has 0 spiro atoms. The maximum absolute atomic E-state index is 12.0. The third-order valence-electron chi connectivity index (χ3n) is 4.63. The first-order chi connectivity index (χ1) is 13.7. The van der Waals surface area contributed by atoms with Gasteiger partial charge in [0.1, 0.15) is 11.5 Å². The number of amides is 1. The summed E-state index contributed by atoms with van der Waals surface area (Å²) in [6, 6.07) is 17.2. The highest BCUT2D eigenvalue weighted by molar-refractivity contribution is 5.92. The van der Waals surface area contributed by atoms with Crippen LogP contribution in [-0.2, 0) is 4.79 Å². The standard InChI is InChI=1S/C22H28N4O2/c23-22(24-14-8-16-26-15-6-2-5-13-21(26)27)25-18-9-7-12-20(17-18)28-19-10-3-1-4-11-19/h1,3-4,7,9-12,17H,2,5-6,8,13-16H2,(H3,23,24,25). The number of aliphatic imine (C=N–C) groups is 1. The van der Waals surface area contributed by atoms with E-state index < -0.39 is 0 Å².